The summed E-state index contributed by atoms with van der Waals surface area (Å²) in [5.74, 6) is -1.64. The Balaban J connectivity index is 4.35. The van der Waals surface area contributed by atoms with Crippen LogP contribution < -0.4 is 0 Å². The Hall–Kier alpha value is -0.740. The largest absolute Gasteiger partial charge is 0.471 e. The molecule has 0 aromatic heterocycles. The van der Waals surface area contributed by atoms with Crippen molar-refractivity contribution in [3.8, 4) is 0 Å². The summed E-state index contributed by atoms with van der Waals surface area (Å²) in [7, 11) is 0. The van der Waals surface area contributed by atoms with E-state index in [0.29, 0.717) is 0 Å². The van der Waals surface area contributed by atoms with Crippen LogP contribution in [0.5, 0.6) is 0 Å². The van der Waals surface area contributed by atoms with Gasteiger partial charge in [-0.05, 0) is 12.8 Å². The topological polar surface area (TPSA) is 20.3 Å². The molecule has 14 heavy (non-hydrogen) atoms. The van der Waals surface area contributed by atoms with E-state index in [0.717, 1.165) is 11.3 Å². The second kappa shape index (κ2) is 5.22. The average Bonchev–Trinajstić information content (AvgIpc) is 2.11. The monoisotopic (exact) mass is 211 g/mol. The summed E-state index contributed by atoms with van der Waals surface area (Å²) in [5, 5.41) is 0. The molecule has 0 aliphatic heterocycles. The van der Waals surface area contributed by atoms with Gasteiger partial charge < -0.3 is 4.90 Å². The maximum Gasteiger partial charge on any atom is 0.471 e. The molecule has 84 valence electrons. The van der Waals surface area contributed by atoms with Crippen molar-refractivity contribution in [3.05, 3.63) is 0 Å². The van der Waals surface area contributed by atoms with Gasteiger partial charge in [0, 0.05) is 13.1 Å². The number of rotatable bonds is 4. The van der Waals surface area contributed by atoms with Crippen molar-refractivity contribution in [1.82, 2.24) is 4.90 Å². The SMILES string of the molecule is CCC(C)CN(CC)C(=O)C(F)(F)F. The van der Waals surface area contributed by atoms with Crippen molar-refractivity contribution >= 4 is 5.91 Å². The van der Waals surface area contributed by atoms with E-state index in [-0.39, 0.29) is 19.0 Å². The van der Waals surface area contributed by atoms with E-state index < -0.39 is 12.1 Å². The maximum absolute atomic E-state index is 12.0. The standard InChI is InChI=1S/C9H16F3NO/c1-4-7(3)6-13(5-2)8(14)9(10,11)12/h7H,4-6H2,1-3H3. The van der Waals surface area contributed by atoms with E-state index in [1.165, 1.54) is 0 Å². The molecule has 1 unspecified atom stereocenters. The fraction of sp³-hybridized carbons (Fsp3) is 0.889. The first-order valence-electron chi connectivity index (χ1n) is 4.69. The summed E-state index contributed by atoms with van der Waals surface area (Å²) in [6.07, 6.45) is -3.98. The Morgan fingerprint density at radius 3 is 2.14 bits per heavy atom. The minimum absolute atomic E-state index is 0.0984. The van der Waals surface area contributed by atoms with E-state index in [1.807, 2.05) is 13.8 Å². The highest BCUT2D eigenvalue weighted by molar-refractivity contribution is 5.81. The third-order valence-electron chi connectivity index (χ3n) is 2.14. The predicted octanol–water partition coefficient (Wildman–Crippen LogP) is 2.44. The molecule has 0 radical (unpaired) electrons. The second-order valence-electron chi connectivity index (χ2n) is 3.35. The second-order valence-corrected chi connectivity index (χ2v) is 3.35. The Morgan fingerprint density at radius 1 is 1.36 bits per heavy atom. The van der Waals surface area contributed by atoms with E-state index in [9.17, 15) is 18.0 Å². The lowest BCUT2D eigenvalue weighted by Crippen LogP contribution is -2.43. The van der Waals surface area contributed by atoms with Crippen LogP contribution in [0.25, 0.3) is 0 Å². The van der Waals surface area contributed by atoms with Gasteiger partial charge in [-0.15, -0.1) is 0 Å². The lowest BCUT2D eigenvalue weighted by Gasteiger charge is -2.24. The molecule has 0 N–H and O–H groups in total. The molecule has 0 spiro atoms. The lowest BCUT2D eigenvalue weighted by molar-refractivity contribution is -0.185. The summed E-state index contributed by atoms with van der Waals surface area (Å²) < 4.78 is 36.1. The average molecular weight is 211 g/mol. The van der Waals surface area contributed by atoms with Gasteiger partial charge in [-0.1, -0.05) is 20.3 Å². The zero-order chi connectivity index (χ0) is 11.4. The van der Waals surface area contributed by atoms with E-state index in [4.69, 9.17) is 0 Å². The van der Waals surface area contributed by atoms with Gasteiger partial charge in [-0.2, -0.15) is 13.2 Å². The molecule has 1 atom stereocenters. The Bertz CT molecular complexity index is 191. The molecule has 0 aliphatic carbocycles. The quantitative estimate of drug-likeness (QED) is 0.699. The number of hydrogen-bond donors (Lipinski definition) is 0. The predicted molar refractivity (Wildman–Crippen MR) is 47.8 cm³/mol. The van der Waals surface area contributed by atoms with Gasteiger partial charge >= 0.3 is 12.1 Å². The summed E-state index contributed by atoms with van der Waals surface area (Å²) in [4.78, 5) is 11.7. The van der Waals surface area contributed by atoms with Crippen LogP contribution >= 0.6 is 0 Å². The van der Waals surface area contributed by atoms with E-state index in [2.05, 4.69) is 0 Å². The minimum Gasteiger partial charge on any atom is -0.335 e. The molecule has 0 saturated carbocycles. The molecule has 0 aliphatic rings. The van der Waals surface area contributed by atoms with Gasteiger partial charge in [0.1, 0.15) is 0 Å². The first-order valence-corrected chi connectivity index (χ1v) is 4.69. The molecule has 5 heteroatoms. The number of halogens is 3. The van der Waals surface area contributed by atoms with Crippen molar-refractivity contribution in [2.24, 2.45) is 5.92 Å². The van der Waals surface area contributed by atoms with Crippen LogP contribution in [0, 0.1) is 5.92 Å². The van der Waals surface area contributed by atoms with Gasteiger partial charge in [0.25, 0.3) is 0 Å². The number of hydrogen-bond acceptors (Lipinski definition) is 1. The molecule has 0 aromatic carbocycles. The Morgan fingerprint density at radius 2 is 1.86 bits per heavy atom. The summed E-state index contributed by atoms with van der Waals surface area (Å²) in [6.45, 7) is 5.53. The highest BCUT2D eigenvalue weighted by atomic mass is 19.4. The van der Waals surface area contributed by atoms with Crippen molar-refractivity contribution < 1.29 is 18.0 Å². The van der Waals surface area contributed by atoms with Crippen molar-refractivity contribution in [2.45, 2.75) is 33.4 Å². The number of amides is 1. The lowest BCUT2D eigenvalue weighted by atomic mass is 10.1. The van der Waals surface area contributed by atoms with Crippen LogP contribution in [-0.4, -0.2) is 30.1 Å². The van der Waals surface area contributed by atoms with Crippen LogP contribution in [0.2, 0.25) is 0 Å². The van der Waals surface area contributed by atoms with Crippen molar-refractivity contribution in [1.29, 1.82) is 0 Å². The molecule has 0 fully saturated rings. The molecule has 0 bridgehead atoms. The van der Waals surface area contributed by atoms with Crippen LogP contribution in [0.3, 0.4) is 0 Å². The number of nitrogens with zero attached hydrogens (tertiary/aromatic N) is 1. The normalized spacial score (nSPS) is 13.9. The van der Waals surface area contributed by atoms with Crippen LogP contribution in [-0.2, 0) is 4.79 Å². The molecular formula is C9H16F3NO. The van der Waals surface area contributed by atoms with Crippen LogP contribution in [0.15, 0.2) is 0 Å². The van der Waals surface area contributed by atoms with Gasteiger partial charge in [0.05, 0.1) is 0 Å². The smallest absolute Gasteiger partial charge is 0.335 e. The summed E-state index contributed by atoms with van der Waals surface area (Å²) in [6, 6.07) is 0. The molecule has 0 rings (SSSR count). The molecule has 2 nitrogen and oxygen atoms in total. The summed E-state index contributed by atoms with van der Waals surface area (Å²) in [5.41, 5.74) is 0. The van der Waals surface area contributed by atoms with Crippen LogP contribution in [0.4, 0.5) is 13.2 Å². The first-order chi connectivity index (χ1) is 6.32. The third-order valence-corrected chi connectivity index (χ3v) is 2.14. The van der Waals surface area contributed by atoms with Gasteiger partial charge in [0.2, 0.25) is 0 Å². The van der Waals surface area contributed by atoms with E-state index >= 15 is 0 Å². The van der Waals surface area contributed by atoms with Gasteiger partial charge in [-0.25, -0.2) is 0 Å². The number of alkyl halides is 3. The molecule has 0 heterocycles. The Kier molecular flexibility index (Phi) is 4.94. The van der Waals surface area contributed by atoms with Crippen molar-refractivity contribution in [2.75, 3.05) is 13.1 Å². The van der Waals surface area contributed by atoms with Crippen molar-refractivity contribution in [3.63, 3.8) is 0 Å². The molecule has 0 saturated heterocycles. The Labute approximate surface area is 82.1 Å². The molecular weight excluding hydrogens is 195 g/mol. The first kappa shape index (κ1) is 13.3. The van der Waals surface area contributed by atoms with E-state index in [1.54, 1.807) is 6.92 Å². The highest BCUT2D eigenvalue weighted by Crippen LogP contribution is 2.19. The maximum atomic E-state index is 12.0. The van der Waals surface area contributed by atoms with Crippen LogP contribution in [0.1, 0.15) is 27.2 Å². The molecule has 0 aromatic rings. The number of carbonyl (C=O) groups excluding carboxylic acids is 1. The fourth-order valence-corrected chi connectivity index (χ4v) is 1.04. The highest BCUT2D eigenvalue weighted by Gasteiger charge is 2.41. The zero-order valence-electron chi connectivity index (χ0n) is 8.69. The third kappa shape index (κ3) is 3.98. The summed E-state index contributed by atoms with van der Waals surface area (Å²) >= 11 is 0. The minimum atomic E-state index is -4.75. The molecule has 1 amide bonds. The number of carbonyl (C=O) groups is 1. The van der Waals surface area contributed by atoms with Gasteiger partial charge in [-0.3, -0.25) is 4.79 Å². The zero-order valence-corrected chi connectivity index (χ0v) is 8.69. The fourth-order valence-electron chi connectivity index (χ4n) is 1.04. The van der Waals surface area contributed by atoms with Gasteiger partial charge in [0.15, 0.2) is 0 Å².